The van der Waals surface area contributed by atoms with Gasteiger partial charge in [-0.1, -0.05) is 24.3 Å². The van der Waals surface area contributed by atoms with Crippen molar-refractivity contribution in [2.75, 3.05) is 0 Å². The Kier molecular flexibility index (Phi) is 1.72. The molecule has 0 amide bonds. The highest BCUT2D eigenvalue weighted by Crippen LogP contribution is 2.60. The van der Waals surface area contributed by atoms with Crippen LogP contribution in [0.2, 0.25) is 0 Å². The van der Waals surface area contributed by atoms with Crippen molar-refractivity contribution >= 4 is 0 Å². The molecule has 1 heteroatoms. The summed E-state index contributed by atoms with van der Waals surface area (Å²) in [4.78, 5) is 0. The standard InChI is InChI=1S/C13H17N/c1-8(14)12-11-7-6-9-4-2-3-5-10(9)13(11)12/h2-5,8,11-13H,6-7,14H2,1H3. The Balaban J connectivity index is 1.97. The second-order valence-corrected chi connectivity index (χ2v) is 4.86. The summed E-state index contributed by atoms with van der Waals surface area (Å²) in [6.07, 6.45) is 2.62. The van der Waals surface area contributed by atoms with Crippen LogP contribution < -0.4 is 5.73 Å². The number of hydrogen-bond acceptors (Lipinski definition) is 1. The maximum atomic E-state index is 6.01. The van der Waals surface area contributed by atoms with Crippen LogP contribution in [0.3, 0.4) is 0 Å². The van der Waals surface area contributed by atoms with Gasteiger partial charge in [0, 0.05) is 6.04 Å². The van der Waals surface area contributed by atoms with E-state index in [0.29, 0.717) is 6.04 Å². The van der Waals surface area contributed by atoms with Crippen molar-refractivity contribution in [1.29, 1.82) is 0 Å². The molecule has 14 heavy (non-hydrogen) atoms. The molecular weight excluding hydrogens is 170 g/mol. The van der Waals surface area contributed by atoms with Gasteiger partial charge in [0.2, 0.25) is 0 Å². The Morgan fingerprint density at radius 2 is 2.14 bits per heavy atom. The van der Waals surface area contributed by atoms with E-state index >= 15 is 0 Å². The minimum absolute atomic E-state index is 0.371. The van der Waals surface area contributed by atoms with Gasteiger partial charge in [-0.3, -0.25) is 0 Å². The molecule has 74 valence electrons. The number of aryl methyl sites for hydroxylation is 1. The third-order valence-electron chi connectivity index (χ3n) is 4.00. The van der Waals surface area contributed by atoms with Crippen molar-refractivity contribution < 1.29 is 0 Å². The van der Waals surface area contributed by atoms with Crippen LogP contribution in [0.4, 0.5) is 0 Å². The second-order valence-electron chi connectivity index (χ2n) is 4.86. The van der Waals surface area contributed by atoms with Crippen molar-refractivity contribution in [2.24, 2.45) is 17.6 Å². The Hall–Kier alpha value is -0.820. The van der Waals surface area contributed by atoms with Gasteiger partial charge < -0.3 is 5.73 Å². The molecule has 1 nitrogen and oxygen atoms in total. The van der Waals surface area contributed by atoms with E-state index in [-0.39, 0.29) is 0 Å². The van der Waals surface area contributed by atoms with Crippen molar-refractivity contribution in [3.8, 4) is 0 Å². The highest BCUT2D eigenvalue weighted by atomic mass is 14.7. The van der Waals surface area contributed by atoms with Crippen LogP contribution in [0.5, 0.6) is 0 Å². The largest absolute Gasteiger partial charge is 0.328 e. The zero-order valence-electron chi connectivity index (χ0n) is 8.61. The fraction of sp³-hybridized carbons (Fsp3) is 0.538. The van der Waals surface area contributed by atoms with Crippen LogP contribution in [0.15, 0.2) is 24.3 Å². The average molecular weight is 187 g/mol. The summed E-state index contributed by atoms with van der Waals surface area (Å²) in [5, 5.41) is 0. The maximum absolute atomic E-state index is 6.01. The highest BCUT2D eigenvalue weighted by molar-refractivity contribution is 5.39. The molecule has 0 bridgehead atoms. The van der Waals surface area contributed by atoms with E-state index in [2.05, 4.69) is 31.2 Å². The van der Waals surface area contributed by atoms with Gasteiger partial charge >= 0.3 is 0 Å². The minimum Gasteiger partial charge on any atom is -0.328 e. The number of rotatable bonds is 1. The molecule has 0 aliphatic heterocycles. The molecule has 4 unspecified atom stereocenters. The smallest absolute Gasteiger partial charge is 0.00475 e. The highest BCUT2D eigenvalue weighted by Gasteiger charge is 2.54. The molecule has 0 heterocycles. The van der Waals surface area contributed by atoms with Gasteiger partial charge in [0.1, 0.15) is 0 Å². The normalized spacial score (nSPS) is 35.7. The van der Waals surface area contributed by atoms with Crippen LogP contribution in [0.1, 0.15) is 30.4 Å². The minimum atomic E-state index is 0.371. The number of benzene rings is 1. The molecule has 4 atom stereocenters. The van der Waals surface area contributed by atoms with E-state index < -0.39 is 0 Å². The van der Waals surface area contributed by atoms with Gasteiger partial charge in [0.25, 0.3) is 0 Å². The lowest BCUT2D eigenvalue weighted by molar-refractivity contribution is 0.567. The number of fused-ring (bicyclic) bond motifs is 3. The predicted octanol–water partition coefficient (Wildman–Crippen LogP) is 2.31. The Morgan fingerprint density at radius 3 is 2.93 bits per heavy atom. The quantitative estimate of drug-likeness (QED) is 0.717. The van der Waals surface area contributed by atoms with Gasteiger partial charge in [-0.05, 0) is 48.6 Å². The van der Waals surface area contributed by atoms with Gasteiger partial charge in [0.05, 0.1) is 0 Å². The summed E-state index contributed by atoms with van der Waals surface area (Å²) in [6, 6.07) is 9.27. The first-order chi connectivity index (χ1) is 6.79. The fourth-order valence-electron chi connectivity index (χ4n) is 3.34. The van der Waals surface area contributed by atoms with Crippen molar-refractivity contribution in [2.45, 2.75) is 31.7 Å². The molecule has 1 fully saturated rings. The van der Waals surface area contributed by atoms with E-state index in [1.54, 1.807) is 11.1 Å². The summed E-state index contributed by atoms with van der Waals surface area (Å²) in [5.41, 5.74) is 9.17. The van der Waals surface area contributed by atoms with E-state index in [4.69, 9.17) is 5.73 Å². The maximum Gasteiger partial charge on any atom is 0.00475 e. The SMILES string of the molecule is CC(N)C1C2CCc3ccccc3C21. The Morgan fingerprint density at radius 1 is 1.36 bits per heavy atom. The number of hydrogen-bond donors (Lipinski definition) is 1. The first-order valence-electron chi connectivity index (χ1n) is 5.62. The molecular formula is C13H17N. The fourth-order valence-corrected chi connectivity index (χ4v) is 3.34. The van der Waals surface area contributed by atoms with Gasteiger partial charge in [-0.2, -0.15) is 0 Å². The lowest BCUT2D eigenvalue weighted by Crippen LogP contribution is -2.18. The summed E-state index contributed by atoms with van der Waals surface area (Å²) < 4.78 is 0. The lowest BCUT2D eigenvalue weighted by Gasteiger charge is -2.13. The Bertz CT molecular complexity index is 356. The summed E-state index contributed by atoms with van der Waals surface area (Å²) in [7, 11) is 0. The van der Waals surface area contributed by atoms with E-state index in [1.165, 1.54) is 12.8 Å². The van der Waals surface area contributed by atoms with Crippen LogP contribution >= 0.6 is 0 Å². The molecule has 0 saturated heterocycles. The van der Waals surface area contributed by atoms with Crippen LogP contribution in [0.25, 0.3) is 0 Å². The van der Waals surface area contributed by atoms with Crippen molar-refractivity contribution in [1.82, 2.24) is 0 Å². The monoisotopic (exact) mass is 187 g/mol. The summed E-state index contributed by atoms with van der Waals surface area (Å²) in [6.45, 7) is 2.16. The molecule has 0 radical (unpaired) electrons. The van der Waals surface area contributed by atoms with Crippen LogP contribution in [0, 0.1) is 11.8 Å². The molecule has 1 saturated carbocycles. The topological polar surface area (TPSA) is 26.0 Å². The first-order valence-corrected chi connectivity index (χ1v) is 5.62. The molecule has 2 aliphatic rings. The molecule has 0 aromatic heterocycles. The predicted molar refractivity (Wildman–Crippen MR) is 58.1 cm³/mol. The summed E-state index contributed by atoms with van der Waals surface area (Å²) >= 11 is 0. The molecule has 2 aliphatic carbocycles. The van der Waals surface area contributed by atoms with Crippen molar-refractivity contribution in [3.05, 3.63) is 35.4 Å². The van der Waals surface area contributed by atoms with Gasteiger partial charge in [-0.15, -0.1) is 0 Å². The van der Waals surface area contributed by atoms with Crippen molar-refractivity contribution in [3.63, 3.8) is 0 Å². The van der Waals surface area contributed by atoms with Gasteiger partial charge in [0.15, 0.2) is 0 Å². The third-order valence-corrected chi connectivity index (χ3v) is 4.00. The van der Waals surface area contributed by atoms with E-state index in [9.17, 15) is 0 Å². The van der Waals surface area contributed by atoms with E-state index in [1.807, 2.05) is 0 Å². The first kappa shape index (κ1) is 8.49. The van der Waals surface area contributed by atoms with E-state index in [0.717, 1.165) is 17.8 Å². The Labute approximate surface area is 85.3 Å². The van der Waals surface area contributed by atoms with Crippen LogP contribution in [-0.2, 0) is 6.42 Å². The molecule has 3 rings (SSSR count). The average Bonchev–Trinajstić information content (AvgIpc) is 2.92. The summed E-state index contributed by atoms with van der Waals surface area (Å²) in [5.74, 6) is 2.45. The molecule has 1 aromatic carbocycles. The lowest BCUT2D eigenvalue weighted by atomic mass is 9.92. The molecule has 0 spiro atoms. The second kappa shape index (κ2) is 2.83. The van der Waals surface area contributed by atoms with Crippen LogP contribution in [-0.4, -0.2) is 6.04 Å². The third kappa shape index (κ3) is 1.05. The van der Waals surface area contributed by atoms with Gasteiger partial charge in [-0.25, -0.2) is 0 Å². The zero-order valence-corrected chi connectivity index (χ0v) is 8.61. The molecule has 2 N–H and O–H groups in total. The molecule has 1 aromatic rings. The number of nitrogens with two attached hydrogens (primary N) is 1. The zero-order chi connectivity index (χ0) is 9.71.